The summed E-state index contributed by atoms with van der Waals surface area (Å²) in [4.78, 5) is 11.6. The molecule has 2 rings (SSSR count). The lowest BCUT2D eigenvalue weighted by molar-refractivity contribution is 0.462. The lowest BCUT2D eigenvalue weighted by atomic mass is 9.95. The first kappa shape index (κ1) is 11.6. The van der Waals surface area contributed by atoms with Gasteiger partial charge in [-0.3, -0.25) is 4.79 Å². The SMILES string of the molecule is Cn1ncc(NC2CCCCC2)c(Br)c1=O. The quantitative estimate of drug-likeness (QED) is 0.907. The second kappa shape index (κ2) is 4.99. The lowest BCUT2D eigenvalue weighted by Gasteiger charge is -2.24. The molecule has 0 bridgehead atoms. The molecule has 1 aliphatic rings. The monoisotopic (exact) mass is 285 g/mol. The van der Waals surface area contributed by atoms with E-state index in [0.717, 1.165) is 5.69 Å². The van der Waals surface area contributed by atoms with Crippen molar-refractivity contribution in [3.63, 3.8) is 0 Å². The minimum absolute atomic E-state index is 0.0965. The van der Waals surface area contributed by atoms with E-state index in [1.807, 2.05) is 0 Å². The summed E-state index contributed by atoms with van der Waals surface area (Å²) in [6.45, 7) is 0. The first-order chi connectivity index (χ1) is 7.68. The van der Waals surface area contributed by atoms with Crippen LogP contribution < -0.4 is 10.9 Å². The van der Waals surface area contributed by atoms with Crippen LogP contribution in [0.1, 0.15) is 32.1 Å². The molecule has 1 aliphatic carbocycles. The van der Waals surface area contributed by atoms with Crippen LogP contribution in [0.5, 0.6) is 0 Å². The molecule has 0 unspecified atom stereocenters. The maximum Gasteiger partial charge on any atom is 0.282 e. The van der Waals surface area contributed by atoms with Crippen molar-refractivity contribution in [2.75, 3.05) is 5.32 Å². The zero-order valence-corrected chi connectivity index (χ0v) is 11.0. The van der Waals surface area contributed by atoms with Crippen molar-refractivity contribution in [3.05, 3.63) is 21.0 Å². The van der Waals surface area contributed by atoms with Gasteiger partial charge in [-0.2, -0.15) is 5.10 Å². The van der Waals surface area contributed by atoms with Crippen LogP contribution in [0.25, 0.3) is 0 Å². The van der Waals surface area contributed by atoms with Crippen LogP contribution in [0.3, 0.4) is 0 Å². The number of anilines is 1. The van der Waals surface area contributed by atoms with Crippen molar-refractivity contribution in [2.24, 2.45) is 7.05 Å². The van der Waals surface area contributed by atoms with Crippen LogP contribution in [0.15, 0.2) is 15.5 Å². The number of hydrogen-bond donors (Lipinski definition) is 1. The number of nitrogens with zero attached hydrogens (tertiary/aromatic N) is 2. The summed E-state index contributed by atoms with van der Waals surface area (Å²) in [6, 6.07) is 0.485. The van der Waals surface area contributed by atoms with Gasteiger partial charge >= 0.3 is 0 Å². The molecule has 88 valence electrons. The standard InChI is InChI=1S/C11H16BrN3O/c1-15-11(16)10(12)9(7-13-15)14-8-5-3-2-4-6-8/h7-8,14H,2-6H2,1H3. The van der Waals surface area contributed by atoms with Crippen LogP contribution >= 0.6 is 15.9 Å². The van der Waals surface area contributed by atoms with Crippen molar-refractivity contribution in [1.82, 2.24) is 9.78 Å². The molecule has 1 aromatic rings. The number of rotatable bonds is 2. The Hall–Kier alpha value is -0.840. The van der Waals surface area contributed by atoms with Gasteiger partial charge in [0, 0.05) is 13.1 Å². The van der Waals surface area contributed by atoms with Crippen molar-refractivity contribution < 1.29 is 0 Å². The Labute approximate surface area is 103 Å². The minimum Gasteiger partial charge on any atom is -0.380 e. The third kappa shape index (κ3) is 2.45. The molecule has 1 aromatic heterocycles. The van der Waals surface area contributed by atoms with Gasteiger partial charge in [0.15, 0.2) is 0 Å². The average Bonchev–Trinajstić information content (AvgIpc) is 2.31. The van der Waals surface area contributed by atoms with E-state index in [-0.39, 0.29) is 5.56 Å². The van der Waals surface area contributed by atoms with Crippen LogP contribution in [0, 0.1) is 0 Å². The Kier molecular flexibility index (Phi) is 3.63. The summed E-state index contributed by atoms with van der Waals surface area (Å²) in [6.07, 6.45) is 7.94. The molecule has 1 fully saturated rings. The largest absolute Gasteiger partial charge is 0.380 e. The van der Waals surface area contributed by atoms with Crippen molar-refractivity contribution >= 4 is 21.6 Å². The van der Waals surface area contributed by atoms with Gasteiger partial charge in [-0.1, -0.05) is 19.3 Å². The van der Waals surface area contributed by atoms with Gasteiger partial charge < -0.3 is 5.32 Å². The van der Waals surface area contributed by atoms with E-state index in [9.17, 15) is 4.79 Å². The molecule has 1 heterocycles. The summed E-state index contributed by atoms with van der Waals surface area (Å²) >= 11 is 3.32. The van der Waals surface area contributed by atoms with Gasteiger partial charge in [-0.25, -0.2) is 4.68 Å². The Morgan fingerprint density at radius 1 is 1.44 bits per heavy atom. The molecule has 0 atom stereocenters. The van der Waals surface area contributed by atoms with E-state index in [1.165, 1.54) is 36.8 Å². The molecule has 16 heavy (non-hydrogen) atoms. The van der Waals surface area contributed by atoms with Gasteiger partial charge in [0.05, 0.1) is 11.9 Å². The van der Waals surface area contributed by atoms with E-state index in [0.29, 0.717) is 10.5 Å². The molecule has 0 amide bonds. The maximum atomic E-state index is 11.6. The van der Waals surface area contributed by atoms with Crippen molar-refractivity contribution in [3.8, 4) is 0 Å². The number of nitrogens with one attached hydrogen (secondary N) is 1. The second-order valence-electron chi connectivity index (χ2n) is 4.28. The van der Waals surface area contributed by atoms with Gasteiger partial charge in [0.1, 0.15) is 4.47 Å². The fourth-order valence-corrected chi connectivity index (χ4v) is 2.55. The average molecular weight is 286 g/mol. The zero-order chi connectivity index (χ0) is 11.5. The molecule has 0 aliphatic heterocycles. The van der Waals surface area contributed by atoms with Crippen molar-refractivity contribution in [2.45, 2.75) is 38.1 Å². The van der Waals surface area contributed by atoms with E-state index in [4.69, 9.17) is 0 Å². The molecule has 0 saturated heterocycles. The lowest BCUT2D eigenvalue weighted by Crippen LogP contribution is -2.26. The van der Waals surface area contributed by atoms with Gasteiger partial charge in [0.25, 0.3) is 5.56 Å². The summed E-state index contributed by atoms with van der Waals surface area (Å²) < 4.78 is 1.91. The molecular weight excluding hydrogens is 270 g/mol. The molecule has 0 spiro atoms. The van der Waals surface area contributed by atoms with Gasteiger partial charge in [-0.15, -0.1) is 0 Å². The highest BCUT2D eigenvalue weighted by molar-refractivity contribution is 9.10. The number of halogens is 1. The molecular formula is C11H16BrN3O. The minimum atomic E-state index is -0.0965. The summed E-state index contributed by atoms with van der Waals surface area (Å²) in [5, 5.41) is 7.41. The predicted octanol–water partition coefficient (Wildman–Crippen LogP) is 2.29. The molecule has 1 N–H and O–H groups in total. The van der Waals surface area contributed by atoms with E-state index in [2.05, 4.69) is 26.3 Å². The first-order valence-corrected chi connectivity index (χ1v) is 6.46. The second-order valence-corrected chi connectivity index (χ2v) is 5.07. The predicted molar refractivity (Wildman–Crippen MR) is 67.7 cm³/mol. The Morgan fingerprint density at radius 2 is 2.12 bits per heavy atom. The highest BCUT2D eigenvalue weighted by Crippen LogP contribution is 2.24. The molecule has 4 nitrogen and oxygen atoms in total. The van der Waals surface area contributed by atoms with Gasteiger partial charge in [-0.05, 0) is 28.8 Å². The van der Waals surface area contributed by atoms with E-state index >= 15 is 0 Å². The van der Waals surface area contributed by atoms with E-state index in [1.54, 1.807) is 13.2 Å². The third-order valence-electron chi connectivity index (χ3n) is 3.04. The highest BCUT2D eigenvalue weighted by atomic mass is 79.9. The van der Waals surface area contributed by atoms with E-state index < -0.39 is 0 Å². The topological polar surface area (TPSA) is 46.9 Å². The number of aryl methyl sites for hydroxylation is 1. The third-order valence-corrected chi connectivity index (χ3v) is 3.81. The van der Waals surface area contributed by atoms with Crippen LogP contribution in [0.4, 0.5) is 5.69 Å². The number of hydrogen-bond acceptors (Lipinski definition) is 3. The molecule has 5 heteroatoms. The molecule has 0 aromatic carbocycles. The Balaban J connectivity index is 2.15. The first-order valence-electron chi connectivity index (χ1n) is 5.67. The maximum absolute atomic E-state index is 11.6. The normalized spacial score (nSPS) is 17.4. The van der Waals surface area contributed by atoms with Gasteiger partial charge in [0.2, 0.25) is 0 Å². The molecule has 0 radical (unpaired) electrons. The fraction of sp³-hybridized carbons (Fsp3) is 0.636. The molecule has 1 saturated carbocycles. The van der Waals surface area contributed by atoms with Crippen LogP contribution in [-0.4, -0.2) is 15.8 Å². The van der Waals surface area contributed by atoms with Crippen LogP contribution in [-0.2, 0) is 7.05 Å². The Morgan fingerprint density at radius 3 is 2.81 bits per heavy atom. The summed E-state index contributed by atoms with van der Waals surface area (Å²) in [5.74, 6) is 0. The smallest absolute Gasteiger partial charge is 0.282 e. The Bertz CT molecular complexity index is 424. The van der Waals surface area contributed by atoms with Crippen LogP contribution in [0.2, 0.25) is 0 Å². The summed E-state index contributed by atoms with van der Waals surface area (Å²) in [7, 11) is 1.65. The highest BCUT2D eigenvalue weighted by Gasteiger charge is 2.15. The zero-order valence-electron chi connectivity index (χ0n) is 9.37. The summed E-state index contributed by atoms with van der Waals surface area (Å²) in [5.41, 5.74) is 0.718. The fourth-order valence-electron chi connectivity index (χ4n) is 2.08. The van der Waals surface area contributed by atoms with Crippen molar-refractivity contribution in [1.29, 1.82) is 0 Å². The number of aromatic nitrogens is 2.